The number of nitrogens with two attached hydrogens (primary N) is 1. The van der Waals surface area contributed by atoms with Crippen LogP contribution in [0.25, 0.3) is 10.8 Å². The van der Waals surface area contributed by atoms with Gasteiger partial charge in [0, 0.05) is 23.5 Å². The van der Waals surface area contributed by atoms with E-state index >= 15 is 0 Å². The van der Waals surface area contributed by atoms with Gasteiger partial charge in [0.2, 0.25) is 0 Å². The Bertz CT molecular complexity index is 827. The number of fused-ring (bicyclic) bond motifs is 1. The molecule has 0 radical (unpaired) electrons. The molecule has 0 aliphatic carbocycles. The number of anilines is 2. The summed E-state index contributed by atoms with van der Waals surface area (Å²) in [5.41, 5.74) is 6.29. The summed E-state index contributed by atoms with van der Waals surface area (Å²) in [5.74, 6) is -1.17. The number of rotatable bonds is 2. The molecule has 104 valence electrons. The van der Waals surface area contributed by atoms with Crippen LogP contribution in [0.3, 0.4) is 0 Å². The van der Waals surface area contributed by atoms with E-state index in [1.54, 1.807) is 18.5 Å². The van der Waals surface area contributed by atoms with Crippen molar-refractivity contribution in [1.29, 1.82) is 0 Å². The van der Waals surface area contributed by atoms with Crippen molar-refractivity contribution in [2.24, 2.45) is 0 Å². The van der Waals surface area contributed by atoms with Crippen LogP contribution in [0.15, 0.2) is 54.9 Å². The maximum absolute atomic E-state index is 13.8. The number of nitrogen functional groups attached to an aromatic ring is 1. The Morgan fingerprint density at radius 3 is 2.86 bits per heavy atom. The highest BCUT2D eigenvalue weighted by molar-refractivity contribution is 6.09. The molecule has 0 saturated carbocycles. The second-order valence-electron chi connectivity index (χ2n) is 4.60. The minimum Gasteiger partial charge on any atom is -0.399 e. The average Bonchev–Trinajstić information content (AvgIpc) is 2.47. The van der Waals surface area contributed by atoms with Gasteiger partial charge >= 0.3 is 0 Å². The summed E-state index contributed by atoms with van der Waals surface area (Å²) in [6, 6.07) is 11.3. The third kappa shape index (κ3) is 2.53. The lowest BCUT2D eigenvalue weighted by Crippen LogP contribution is -2.14. The van der Waals surface area contributed by atoms with Crippen LogP contribution in [-0.2, 0) is 0 Å². The first kappa shape index (κ1) is 13.1. The van der Waals surface area contributed by atoms with Crippen LogP contribution >= 0.6 is 0 Å². The number of amides is 1. The number of aromatic nitrogens is 1. The third-order valence-electron chi connectivity index (χ3n) is 3.17. The fourth-order valence-electron chi connectivity index (χ4n) is 2.13. The zero-order valence-electron chi connectivity index (χ0n) is 11.0. The largest absolute Gasteiger partial charge is 0.399 e. The normalized spacial score (nSPS) is 10.5. The lowest BCUT2D eigenvalue weighted by molar-refractivity contribution is 0.102. The minimum atomic E-state index is -0.647. The molecular weight excluding hydrogens is 269 g/mol. The number of hydrogen-bond donors (Lipinski definition) is 2. The number of benzene rings is 2. The quantitative estimate of drug-likeness (QED) is 0.709. The highest BCUT2D eigenvalue weighted by Gasteiger charge is 2.13. The molecule has 0 fully saturated rings. The van der Waals surface area contributed by atoms with Crippen LogP contribution < -0.4 is 11.1 Å². The summed E-state index contributed by atoms with van der Waals surface area (Å²) in [4.78, 5) is 16.2. The van der Waals surface area contributed by atoms with Gasteiger partial charge < -0.3 is 11.1 Å². The Balaban J connectivity index is 1.97. The molecule has 2 aromatic carbocycles. The number of hydrogen-bond acceptors (Lipinski definition) is 3. The van der Waals surface area contributed by atoms with Gasteiger partial charge in [-0.2, -0.15) is 0 Å². The number of carbonyl (C=O) groups is 1. The van der Waals surface area contributed by atoms with Crippen molar-refractivity contribution in [2.75, 3.05) is 11.1 Å². The average molecular weight is 281 g/mol. The lowest BCUT2D eigenvalue weighted by Gasteiger charge is -2.09. The molecule has 1 heterocycles. The molecule has 1 amide bonds. The van der Waals surface area contributed by atoms with Crippen molar-refractivity contribution >= 4 is 28.1 Å². The molecule has 0 aliphatic heterocycles. The summed E-state index contributed by atoms with van der Waals surface area (Å²) >= 11 is 0. The number of nitrogens with zero attached hydrogens (tertiary/aromatic N) is 1. The number of pyridine rings is 1. The highest BCUT2D eigenvalue weighted by atomic mass is 19.1. The van der Waals surface area contributed by atoms with Crippen molar-refractivity contribution in [3.8, 4) is 0 Å². The van der Waals surface area contributed by atoms with E-state index in [9.17, 15) is 9.18 Å². The van der Waals surface area contributed by atoms with E-state index in [2.05, 4.69) is 10.3 Å². The topological polar surface area (TPSA) is 68.0 Å². The van der Waals surface area contributed by atoms with E-state index in [-0.39, 0.29) is 11.3 Å². The second-order valence-corrected chi connectivity index (χ2v) is 4.60. The highest BCUT2D eigenvalue weighted by Crippen LogP contribution is 2.23. The molecule has 0 saturated heterocycles. The molecule has 0 bridgehead atoms. The van der Waals surface area contributed by atoms with E-state index < -0.39 is 11.7 Å². The van der Waals surface area contributed by atoms with E-state index in [0.717, 1.165) is 16.8 Å². The molecular formula is C16H12FN3O. The summed E-state index contributed by atoms with van der Waals surface area (Å²) in [6.07, 6.45) is 3.33. The van der Waals surface area contributed by atoms with Crippen molar-refractivity contribution in [2.45, 2.75) is 0 Å². The van der Waals surface area contributed by atoms with E-state index in [1.807, 2.05) is 18.2 Å². The van der Waals surface area contributed by atoms with Gasteiger partial charge in [0.25, 0.3) is 5.91 Å². The van der Waals surface area contributed by atoms with Gasteiger partial charge in [-0.05, 0) is 35.7 Å². The molecule has 3 rings (SSSR count). The third-order valence-corrected chi connectivity index (χ3v) is 3.17. The summed E-state index contributed by atoms with van der Waals surface area (Å²) in [7, 11) is 0. The molecule has 5 heteroatoms. The zero-order chi connectivity index (χ0) is 14.8. The van der Waals surface area contributed by atoms with Crippen LogP contribution in [-0.4, -0.2) is 10.9 Å². The molecule has 1 aromatic heterocycles. The lowest BCUT2D eigenvalue weighted by atomic mass is 10.1. The second kappa shape index (κ2) is 5.20. The van der Waals surface area contributed by atoms with Crippen LogP contribution in [0.2, 0.25) is 0 Å². The van der Waals surface area contributed by atoms with Gasteiger partial charge in [-0.15, -0.1) is 0 Å². The molecule has 0 aliphatic rings. The van der Waals surface area contributed by atoms with Crippen LogP contribution in [0.5, 0.6) is 0 Å². The van der Waals surface area contributed by atoms with Gasteiger partial charge in [-0.1, -0.05) is 12.1 Å². The first-order valence-corrected chi connectivity index (χ1v) is 6.34. The van der Waals surface area contributed by atoms with Crippen molar-refractivity contribution < 1.29 is 9.18 Å². The van der Waals surface area contributed by atoms with E-state index in [1.165, 1.54) is 12.1 Å². The Hall–Kier alpha value is -2.95. The number of nitrogens with one attached hydrogen (secondary N) is 1. The number of carbonyl (C=O) groups excluding carboxylic acids is 1. The Morgan fingerprint density at radius 2 is 2.05 bits per heavy atom. The molecule has 21 heavy (non-hydrogen) atoms. The predicted molar refractivity (Wildman–Crippen MR) is 80.5 cm³/mol. The van der Waals surface area contributed by atoms with Crippen molar-refractivity contribution in [3.63, 3.8) is 0 Å². The smallest absolute Gasteiger partial charge is 0.258 e. The fraction of sp³-hybridized carbons (Fsp3) is 0. The SMILES string of the molecule is Nc1ccc(C(=O)Nc2cccc3ccncc23)c(F)c1. The van der Waals surface area contributed by atoms with Crippen LogP contribution in [0.1, 0.15) is 10.4 Å². The molecule has 4 nitrogen and oxygen atoms in total. The Labute approximate surface area is 120 Å². The van der Waals surface area contributed by atoms with Gasteiger partial charge in [-0.25, -0.2) is 4.39 Å². The Kier molecular flexibility index (Phi) is 3.23. The minimum absolute atomic E-state index is 0.0508. The maximum Gasteiger partial charge on any atom is 0.258 e. The van der Waals surface area contributed by atoms with Gasteiger partial charge in [-0.3, -0.25) is 9.78 Å². The monoisotopic (exact) mass is 281 g/mol. The predicted octanol–water partition coefficient (Wildman–Crippen LogP) is 3.21. The summed E-state index contributed by atoms with van der Waals surface area (Å²) in [6.45, 7) is 0. The zero-order valence-corrected chi connectivity index (χ0v) is 11.0. The van der Waals surface area contributed by atoms with Gasteiger partial charge in [0.1, 0.15) is 5.82 Å². The van der Waals surface area contributed by atoms with E-state index in [4.69, 9.17) is 5.73 Å². The standard InChI is InChI=1S/C16H12FN3O/c17-14-8-11(18)4-5-12(14)16(21)20-15-3-1-2-10-6-7-19-9-13(10)15/h1-9H,18H2,(H,20,21). The first-order chi connectivity index (χ1) is 10.1. The molecule has 3 N–H and O–H groups in total. The van der Waals surface area contributed by atoms with Gasteiger partial charge in [0.05, 0.1) is 11.3 Å². The fourth-order valence-corrected chi connectivity index (χ4v) is 2.13. The van der Waals surface area contributed by atoms with Crippen LogP contribution in [0.4, 0.5) is 15.8 Å². The van der Waals surface area contributed by atoms with Crippen molar-refractivity contribution in [1.82, 2.24) is 4.98 Å². The van der Waals surface area contributed by atoms with Crippen molar-refractivity contribution in [3.05, 3.63) is 66.2 Å². The van der Waals surface area contributed by atoms with Gasteiger partial charge in [0.15, 0.2) is 0 Å². The maximum atomic E-state index is 13.8. The molecule has 0 spiro atoms. The summed E-state index contributed by atoms with van der Waals surface area (Å²) in [5, 5.41) is 4.44. The number of halogens is 1. The molecule has 0 unspecified atom stereocenters. The summed E-state index contributed by atoms with van der Waals surface area (Å²) < 4.78 is 13.8. The molecule has 3 aromatic rings. The van der Waals surface area contributed by atoms with E-state index in [0.29, 0.717) is 5.69 Å². The first-order valence-electron chi connectivity index (χ1n) is 6.34. The molecule has 0 atom stereocenters. The Morgan fingerprint density at radius 1 is 1.19 bits per heavy atom. The van der Waals surface area contributed by atoms with Crippen LogP contribution in [0, 0.1) is 5.82 Å².